The summed E-state index contributed by atoms with van der Waals surface area (Å²) in [4.78, 5) is 13.1. The van der Waals surface area contributed by atoms with Gasteiger partial charge in [0.25, 0.3) is 0 Å². The molecule has 0 aliphatic carbocycles. The number of ether oxygens (including phenoxy) is 1. The lowest BCUT2D eigenvalue weighted by Gasteiger charge is -2.22. The molecule has 3 atom stereocenters. The molecule has 2 fully saturated rings. The van der Waals surface area contributed by atoms with Gasteiger partial charge in [-0.1, -0.05) is 38.5 Å². The van der Waals surface area contributed by atoms with Crippen molar-refractivity contribution in [3.63, 3.8) is 0 Å². The fraction of sp³-hybridized carbons (Fsp3) is 0.857. The molecule has 12 heavy (non-hydrogen) atoms. The highest BCUT2D eigenvalue weighted by Crippen LogP contribution is 2.35. The molecule has 0 aromatic rings. The molecule has 2 aliphatic rings. The highest BCUT2D eigenvalue weighted by atomic mass is 127. The Hall–Kier alpha value is 0.480. The highest BCUT2D eigenvalue weighted by Gasteiger charge is 2.44. The third kappa shape index (κ3) is 1.34. The average molecular weight is 346 g/mol. The third-order valence-corrected chi connectivity index (χ3v) is 3.89. The zero-order valence-corrected chi connectivity index (χ0v) is 10.1. The predicted molar refractivity (Wildman–Crippen MR) is 56.7 cm³/mol. The maximum Gasteiger partial charge on any atom is 0.410 e. The van der Waals surface area contributed by atoms with E-state index in [1.165, 1.54) is 0 Å². The molecule has 0 aromatic carbocycles. The van der Waals surface area contributed by atoms with Crippen LogP contribution in [-0.2, 0) is 4.74 Å². The molecule has 0 radical (unpaired) electrons. The minimum atomic E-state index is -0.136. The molecule has 0 aromatic heterocycles. The van der Waals surface area contributed by atoms with Crippen LogP contribution in [0.2, 0.25) is 0 Å². The number of halogens is 2. The zero-order valence-electron chi connectivity index (χ0n) is 6.37. The second-order valence-electron chi connectivity index (χ2n) is 3.12. The van der Waals surface area contributed by atoms with Gasteiger partial charge in [0, 0.05) is 0 Å². The van der Waals surface area contributed by atoms with Crippen LogP contribution in [-0.4, -0.2) is 32.5 Å². The van der Waals surface area contributed by atoms with Crippen molar-refractivity contribution in [3.8, 4) is 0 Å². The quantitative estimate of drug-likeness (QED) is 0.538. The minimum Gasteiger partial charge on any atom is -0.447 e. The summed E-state index contributed by atoms with van der Waals surface area (Å²) < 4.78 is 5.30. The molecule has 68 valence electrons. The van der Waals surface area contributed by atoms with Crippen molar-refractivity contribution in [1.82, 2.24) is 4.90 Å². The number of rotatable bonds is 1. The normalized spacial score (nSPS) is 36.5. The molecule has 2 aliphatic heterocycles. The second-order valence-corrected chi connectivity index (χ2v) is 7.16. The first-order valence-electron chi connectivity index (χ1n) is 3.93. The zero-order chi connectivity index (χ0) is 8.72. The first kappa shape index (κ1) is 9.05. The molecule has 0 saturated carbocycles. The van der Waals surface area contributed by atoms with Crippen molar-refractivity contribution in [3.05, 3.63) is 0 Å². The van der Waals surface area contributed by atoms with Crippen LogP contribution in [0, 0.1) is 0 Å². The predicted octanol–water partition coefficient (Wildman–Crippen LogP) is 2.13. The average Bonchev–Trinajstić information content (AvgIpc) is 2.53. The van der Waals surface area contributed by atoms with Crippen LogP contribution in [0.25, 0.3) is 0 Å². The van der Waals surface area contributed by atoms with Crippen molar-refractivity contribution in [2.24, 2.45) is 0 Å². The molecule has 0 N–H and O–H groups in total. The number of carbonyl (C=O) groups excluding carboxylic acids is 1. The van der Waals surface area contributed by atoms with E-state index in [-0.39, 0.29) is 6.09 Å². The molecule has 1 unspecified atom stereocenters. The second kappa shape index (κ2) is 3.32. The summed E-state index contributed by atoms with van der Waals surface area (Å²) in [5.41, 5.74) is 0. The van der Waals surface area contributed by atoms with Crippen LogP contribution in [0.4, 0.5) is 4.79 Å². The van der Waals surface area contributed by atoms with Crippen molar-refractivity contribution in [2.45, 2.75) is 27.8 Å². The molecule has 0 bridgehead atoms. The summed E-state index contributed by atoms with van der Waals surface area (Å²) in [5.74, 6) is 0. The van der Waals surface area contributed by atoms with E-state index in [0.29, 0.717) is 21.5 Å². The molecule has 2 saturated heterocycles. The van der Waals surface area contributed by atoms with Gasteiger partial charge in [-0.15, -0.1) is 0 Å². The van der Waals surface area contributed by atoms with E-state index >= 15 is 0 Å². The third-order valence-electron chi connectivity index (χ3n) is 2.45. The monoisotopic (exact) mass is 345 g/mol. The summed E-state index contributed by atoms with van der Waals surface area (Å²) in [5, 5.41) is 0. The van der Waals surface area contributed by atoms with E-state index in [1.54, 1.807) is 0 Å². The lowest BCUT2D eigenvalue weighted by atomic mass is 10.2. The number of hydrogen-bond donors (Lipinski definition) is 0. The van der Waals surface area contributed by atoms with Crippen molar-refractivity contribution >= 4 is 44.6 Å². The molecule has 2 rings (SSSR count). The Kier molecular flexibility index (Phi) is 2.51. The van der Waals surface area contributed by atoms with Crippen molar-refractivity contribution < 1.29 is 9.53 Å². The van der Waals surface area contributed by atoms with Crippen LogP contribution in [0.1, 0.15) is 12.8 Å². The van der Waals surface area contributed by atoms with E-state index in [4.69, 9.17) is 4.74 Å². The van der Waals surface area contributed by atoms with Crippen molar-refractivity contribution in [2.75, 3.05) is 6.61 Å². The van der Waals surface area contributed by atoms with Gasteiger partial charge in [-0.3, -0.25) is 4.90 Å². The summed E-state index contributed by atoms with van der Waals surface area (Å²) in [6, 6.07) is 0.669. The number of carbonyl (C=O) groups is 1. The first-order valence-corrected chi connectivity index (χ1v) is 6.09. The molecular formula is C7H9BrINO2. The molecule has 0 spiro atoms. The largest absolute Gasteiger partial charge is 0.447 e. The SMILES string of the molecule is O=C1OC[C@@H]2CC[C@H](C(Br)I)N12. The fourth-order valence-electron chi connectivity index (χ4n) is 1.85. The Labute approximate surface area is 93.1 Å². The van der Waals surface area contributed by atoms with Crippen molar-refractivity contribution in [1.29, 1.82) is 0 Å². The van der Waals surface area contributed by atoms with Crippen LogP contribution in [0.5, 0.6) is 0 Å². The van der Waals surface area contributed by atoms with E-state index in [1.807, 2.05) is 4.90 Å². The summed E-state index contributed by atoms with van der Waals surface area (Å²) >= 11 is 5.80. The summed E-state index contributed by atoms with van der Waals surface area (Å²) in [6.45, 7) is 0.589. The summed E-state index contributed by atoms with van der Waals surface area (Å²) in [7, 11) is 0. The molecule has 5 heteroatoms. The maximum absolute atomic E-state index is 11.3. The lowest BCUT2D eigenvalue weighted by Crippen LogP contribution is -2.38. The van der Waals surface area contributed by atoms with E-state index in [0.717, 1.165) is 12.8 Å². The summed E-state index contributed by atoms with van der Waals surface area (Å²) in [6.07, 6.45) is 2.05. The Morgan fingerprint density at radius 2 is 2.42 bits per heavy atom. The van der Waals surface area contributed by atoms with Gasteiger partial charge in [0.1, 0.15) is 6.61 Å². The topological polar surface area (TPSA) is 29.5 Å². The van der Waals surface area contributed by atoms with Gasteiger partial charge in [0.05, 0.1) is 14.9 Å². The van der Waals surface area contributed by atoms with Gasteiger partial charge < -0.3 is 4.74 Å². The van der Waals surface area contributed by atoms with Gasteiger partial charge in [-0.05, 0) is 12.8 Å². The number of hydrogen-bond acceptors (Lipinski definition) is 2. The van der Waals surface area contributed by atoms with Gasteiger partial charge in [0.15, 0.2) is 0 Å². The lowest BCUT2D eigenvalue weighted by molar-refractivity contribution is 0.152. The molecule has 1 amide bonds. The molecule has 3 nitrogen and oxygen atoms in total. The maximum atomic E-state index is 11.3. The smallest absolute Gasteiger partial charge is 0.410 e. The van der Waals surface area contributed by atoms with Crippen LogP contribution >= 0.6 is 38.5 Å². The van der Waals surface area contributed by atoms with Gasteiger partial charge in [-0.2, -0.15) is 0 Å². The Balaban J connectivity index is 2.14. The standard InChI is InChI=1S/C7H9BrINO2/c8-6(9)5-2-1-4-3-12-7(11)10(4)5/h4-6H,1-3H2/t4-,5+,6?/m0/s1. The van der Waals surface area contributed by atoms with Crippen LogP contribution < -0.4 is 0 Å². The van der Waals surface area contributed by atoms with Crippen LogP contribution in [0.15, 0.2) is 0 Å². The van der Waals surface area contributed by atoms with Gasteiger partial charge in [0.2, 0.25) is 0 Å². The highest BCUT2D eigenvalue weighted by molar-refractivity contribution is 14.1. The van der Waals surface area contributed by atoms with E-state index in [9.17, 15) is 4.79 Å². The number of alkyl halides is 2. The van der Waals surface area contributed by atoms with Crippen LogP contribution in [0.3, 0.4) is 0 Å². The first-order chi connectivity index (χ1) is 5.70. The minimum absolute atomic E-state index is 0.136. The number of fused-ring (bicyclic) bond motifs is 1. The molecular weight excluding hydrogens is 337 g/mol. The Morgan fingerprint density at radius 1 is 1.67 bits per heavy atom. The van der Waals surface area contributed by atoms with E-state index < -0.39 is 0 Å². The Bertz CT molecular complexity index is 212. The van der Waals surface area contributed by atoms with E-state index in [2.05, 4.69) is 38.5 Å². The number of amides is 1. The Morgan fingerprint density at radius 3 is 3.08 bits per heavy atom. The fourth-order valence-corrected chi connectivity index (χ4v) is 3.07. The van der Waals surface area contributed by atoms with Gasteiger partial charge >= 0.3 is 6.09 Å². The number of cyclic esters (lactones) is 1. The number of nitrogens with zero attached hydrogens (tertiary/aromatic N) is 1. The van der Waals surface area contributed by atoms with Gasteiger partial charge in [-0.25, -0.2) is 4.79 Å². The molecule has 2 heterocycles.